The van der Waals surface area contributed by atoms with Crippen molar-refractivity contribution < 1.29 is 14.5 Å². The summed E-state index contributed by atoms with van der Waals surface area (Å²) >= 11 is 0. The van der Waals surface area contributed by atoms with Crippen molar-refractivity contribution in [2.24, 2.45) is 0 Å². The molecule has 1 unspecified atom stereocenters. The highest BCUT2D eigenvalue weighted by molar-refractivity contribution is 6.23. The molecule has 0 saturated heterocycles. The van der Waals surface area contributed by atoms with Crippen LogP contribution in [0.5, 0.6) is 0 Å². The van der Waals surface area contributed by atoms with Crippen molar-refractivity contribution in [3.63, 3.8) is 0 Å². The van der Waals surface area contributed by atoms with Crippen LogP contribution in [-0.2, 0) is 4.79 Å². The zero-order chi connectivity index (χ0) is 19.4. The molecule has 0 aromatic heterocycles. The van der Waals surface area contributed by atoms with Crippen molar-refractivity contribution in [3.8, 4) is 0 Å². The monoisotopic (exact) mass is 372 g/mol. The van der Waals surface area contributed by atoms with Gasteiger partial charge in [0.05, 0.1) is 10.6 Å². The Balaban J connectivity index is 1.76. The Morgan fingerprint density at radius 2 is 1.75 bits per heavy atom. The average molecular weight is 372 g/mol. The average Bonchev–Trinajstić information content (AvgIpc) is 2.99. The first kappa shape index (κ1) is 16.6. The van der Waals surface area contributed by atoms with Crippen molar-refractivity contribution in [2.45, 2.75) is 25.2 Å². The third-order valence-corrected chi connectivity index (χ3v) is 5.68. The molecule has 3 aliphatic rings. The van der Waals surface area contributed by atoms with Gasteiger partial charge in [-0.25, -0.2) is 0 Å². The minimum atomic E-state index is -0.584. The van der Waals surface area contributed by atoms with Crippen LogP contribution in [0.4, 0.5) is 5.69 Å². The number of nitro benzene ring substituents is 1. The molecule has 2 aliphatic carbocycles. The lowest BCUT2D eigenvalue weighted by Crippen LogP contribution is -2.31. The standard InChI is InChI=1S/C22H16N2O4/c25-17-10-4-9-16-19(17)18(12-5-3-6-13(11-12)24(27)28)20-21(23-16)14-7-1-2-8-15(14)22(20)26/h1-3,5-8,11,18,23H,4,9-10H2. The van der Waals surface area contributed by atoms with Crippen molar-refractivity contribution in [2.75, 3.05) is 0 Å². The van der Waals surface area contributed by atoms with Gasteiger partial charge in [-0.1, -0.05) is 36.4 Å². The summed E-state index contributed by atoms with van der Waals surface area (Å²) in [6, 6.07) is 13.6. The zero-order valence-corrected chi connectivity index (χ0v) is 14.9. The van der Waals surface area contributed by atoms with Crippen molar-refractivity contribution in [3.05, 3.63) is 92.2 Å². The number of Topliss-reactive ketones (excluding diaryl/α,β-unsaturated/α-hetero) is 2. The number of nitrogens with zero attached hydrogens (tertiary/aromatic N) is 1. The number of carbonyl (C=O) groups excluding carboxylic acids is 2. The topological polar surface area (TPSA) is 89.3 Å². The summed E-state index contributed by atoms with van der Waals surface area (Å²) < 4.78 is 0. The van der Waals surface area contributed by atoms with Gasteiger partial charge in [-0.15, -0.1) is 0 Å². The molecule has 1 aliphatic heterocycles. The second kappa shape index (κ2) is 5.99. The van der Waals surface area contributed by atoms with E-state index < -0.39 is 10.8 Å². The lowest BCUT2D eigenvalue weighted by atomic mass is 9.75. The van der Waals surface area contributed by atoms with E-state index in [1.165, 1.54) is 12.1 Å². The van der Waals surface area contributed by atoms with E-state index >= 15 is 0 Å². The van der Waals surface area contributed by atoms with E-state index in [0.717, 1.165) is 29.8 Å². The molecule has 0 spiro atoms. The highest BCUT2D eigenvalue weighted by atomic mass is 16.6. The van der Waals surface area contributed by atoms with Crippen molar-refractivity contribution >= 4 is 23.0 Å². The lowest BCUT2D eigenvalue weighted by molar-refractivity contribution is -0.384. The van der Waals surface area contributed by atoms with Gasteiger partial charge in [0.15, 0.2) is 11.6 Å². The van der Waals surface area contributed by atoms with Gasteiger partial charge in [0, 0.05) is 52.4 Å². The Hall–Kier alpha value is -3.54. The van der Waals surface area contributed by atoms with E-state index in [1.54, 1.807) is 18.2 Å². The number of hydrogen-bond acceptors (Lipinski definition) is 5. The Kier molecular flexibility index (Phi) is 3.55. The van der Waals surface area contributed by atoms with Gasteiger partial charge in [-0.2, -0.15) is 0 Å². The summed E-state index contributed by atoms with van der Waals surface area (Å²) in [5.74, 6) is -0.709. The van der Waals surface area contributed by atoms with Gasteiger partial charge in [-0.05, 0) is 18.4 Å². The van der Waals surface area contributed by atoms with Crippen LogP contribution in [0.2, 0.25) is 0 Å². The lowest BCUT2D eigenvalue weighted by Gasteiger charge is -2.33. The minimum absolute atomic E-state index is 0.000521. The number of allylic oxidation sites excluding steroid dienone is 3. The Morgan fingerprint density at radius 3 is 2.54 bits per heavy atom. The molecule has 1 heterocycles. The van der Waals surface area contributed by atoms with Crippen LogP contribution in [0.3, 0.4) is 0 Å². The first-order chi connectivity index (χ1) is 13.6. The van der Waals surface area contributed by atoms with Crippen LogP contribution < -0.4 is 5.32 Å². The quantitative estimate of drug-likeness (QED) is 0.638. The smallest absolute Gasteiger partial charge is 0.269 e. The normalized spacial score (nSPS) is 20.5. The molecule has 1 atom stereocenters. The van der Waals surface area contributed by atoms with Gasteiger partial charge < -0.3 is 5.32 Å². The van der Waals surface area contributed by atoms with Gasteiger partial charge in [0.2, 0.25) is 0 Å². The SMILES string of the molecule is O=C1CCCC2=C1C(c1cccc([N+](=O)[O-])c1)C1=C(N2)c2ccccc2C1=O. The fourth-order valence-electron chi connectivity index (χ4n) is 4.49. The fraction of sp³-hybridized carbons (Fsp3) is 0.182. The maximum Gasteiger partial charge on any atom is 0.269 e. The molecule has 0 fully saturated rings. The third kappa shape index (κ3) is 2.27. The number of rotatable bonds is 2. The number of nitrogens with one attached hydrogen (secondary N) is 1. The van der Waals surface area contributed by atoms with E-state index in [-0.39, 0.29) is 17.3 Å². The van der Waals surface area contributed by atoms with Gasteiger partial charge in [0.25, 0.3) is 5.69 Å². The van der Waals surface area contributed by atoms with Gasteiger partial charge >= 0.3 is 0 Å². The molecular weight excluding hydrogens is 356 g/mol. The molecule has 6 nitrogen and oxygen atoms in total. The molecule has 5 rings (SSSR count). The Bertz CT molecular complexity index is 1140. The van der Waals surface area contributed by atoms with Crippen LogP contribution >= 0.6 is 0 Å². The number of non-ortho nitro benzene ring substituents is 1. The number of benzene rings is 2. The molecule has 0 saturated carbocycles. The van der Waals surface area contributed by atoms with Crippen molar-refractivity contribution in [1.29, 1.82) is 0 Å². The molecule has 2 aromatic carbocycles. The summed E-state index contributed by atoms with van der Waals surface area (Å²) in [4.78, 5) is 36.9. The van der Waals surface area contributed by atoms with E-state index in [1.807, 2.05) is 18.2 Å². The van der Waals surface area contributed by atoms with E-state index in [0.29, 0.717) is 28.7 Å². The molecule has 0 bridgehead atoms. The molecule has 1 N–H and O–H groups in total. The van der Waals surface area contributed by atoms with Crippen LogP contribution in [0.25, 0.3) is 5.70 Å². The molecular formula is C22H16N2O4. The summed E-state index contributed by atoms with van der Waals surface area (Å²) in [5.41, 5.74) is 4.62. The van der Waals surface area contributed by atoms with Crippen LogP contribution in [0.1, 0.15) is 46.7 Å². The van der Waals surface area contributed by atoms with E-state index in [4.69, 9.17) is 0 Å². The van der Waals surface area contributed by atoms with E-state index in [9.17, 15) is 19.7 Å². The summed E-state index contributed by atoms with van der Waals surface area (Å²) in [7, 11) is 0. The first-order valence-electron chi connectivity index (χ1n) is 9.22. The number of fused-ring (bicyclic) bond motifs is 2. The molecule has 2 aromatic rings. The predicted molar refractivity (Wildman–Crippen MR) is 103 cm³/mol. The molecule has 0 radical (unpaired) electrons. The van der Waals surface area contributed by atoms with Gasteiger partial charge in [0.1, 0.15) is 0 Å². The second-order valence-electron chi connectivity index (χ2n) is 7.24. The molecule has 6 heteroatoms. The molecule has 28 heavy (non-hydrogen) atoms. The maximum atomic E-state index is 13.2. The minimum Gasteiger partial charge on any atom is -0.358 e. The number of dihydropyridines is 1. The molecule has 138 valence electrons. The number of nitro groups is 1. The zero-order valence-electron chi connectivity index (χ0n) is 14.9. The van der Waals surface area contributed by atoms with Crippen molar-refractivity contribution in [1.82, 2.24) is 5.32 Å². The second-order valence-corrected chi connectivity index (χ2v) is 7.24. The number of hydrogen-bond donors (Lipinski definition) is 1. The Morgan fingerprint density at radius 1 is 0.964 bits per heavy atom. The highest BCUT2D eigenvalue weighted by Crippen LogP contribution is 2.48. The summed E-state index contributed by atoms with van der Waals surface area (Å²) in [5, 5.41) is 14.6. The first-order valence-corrected chi connectivity index (χ1v) is 9.22. The third-order valence-electron chi connectivity index (χ3n) is 5.68. The highest BCUT2D eigenvalue weighted by Gasteiger charge is 2.43. The largest absolute Gasteiger partial charge is 0.358 e. The summed E-state index contributed by atoms with van der Waals surface area (Å²) in [6.45, 7) is 0. The summed E-state index contributed by atoms with van der Waals surface area (Å²) in [6.07, 6.45) is 1.90. The van der Waals surface area contributed by atoms with Crippen LogP contribution in [0, 0.1) is 10.1 Å². The van der Waals surface area contributed by atoms with Crippen LogP contribution in [-0.4, -0.2) is 16.5 Å². The number of ketones is 2. The maximum absolute atomic E-state index is 13.2. The van der Waals surface area contributed by atoms with Crippen LogP contribution in [0.15, 0.2) is 65.4 Å². The molecule has 0 amide bonds. The predicted octanol–water partition coefficient (Wildman–Crippen LogP) is 3.90. The number of carbonyl (C=O) groups is 2. The van der Waals surface area contributed by atoms with E-state index in [2.05, 4.69) is 5.32 Å². The fourth-order valence-corrected chi connectivity index (χ4v) is 4.49. The Labute approximate surface area is 160 Å². The van der Waals surface area contributed by atoms with Gasteiger partial charge in [-0.3, -0.25) is 19.7 Å².